The number of rotatable bonds is 7. The Morgan fingerprint density at radius 3 is 2.36 bits per heavy atom. The zero-order valence-electron chi connectivity index (χ0n) is 14.0. The van der Waals surface area contributed by atoms with Crippen LogP contribution in [0.2, 0.25) is 0 Å². The number of carboxylic acids is 1. The highest BCUT2D eigenvalue weighted by Gasteiger charge is 2.20. The number of nitrogens with one attached hydrogen (secondary N) is 2. The van der Waals surface area contributed by atoms with Crippen molar-refractivity contribution in [1.82, 2.24) is 10.6 Å². The van der Waals surface area contributed by atoms with Crippen LogP contribution in [0.5, 0.6) is 5.75 Å². The molecule has 0 fully saturated rings. The van der Waals surface area contributed by atoms with E-state index in [2.05, 4.69) is 10.6 Å². The largest absolute Gasteiger partial charge is 0.484 e. The summed E-state index contributed by atoms with van der Waals surface area (Å²) in [6.45, 7) is 2.57. The molecule has 0 spiro atoms. The number of carbonyl (C=O) groups is 3. The highest BCUT2D eigenvalue weighted by atomic mass is 16.5. The average Bonchev–Trinajstić information content (AvgIpc) is 2.59. The Balaban J connectivity index is 1.84. The quantitative estimate of drug-likeness (QED) is 0.702. The molecule has 0 aliphatic heterocycles. The highest BCUT2D eigenvalue weighted by Crippen LogP contribution is 2.20. The fourth-order valence-electron chi connectivity index (χ4n) is 2.15. The van der Waals surface area contributed by atoms with Crippen molar-refractivity contribution >= 4 is 28.6 Å². The van der Waals surface area contributed by atoms with Crippen LogP contribution in [0.15, 0.2) is 42.5 Å². The van der Waals surface area contributed by atoms with Crippen molar-refractivity contribution < 1.29 is 24.2 Å². The fraction of sp³-hybridized carbons (Fsp3) is 0.278. The summed E-state index contributed by atoms with van der Waals surface area (Å²) in [5, 5.41) is 15.6. The van der Waals surface area contributed by atoms with Gasteiger partial charge in [-0.1, -0.05) is 30.3 Å². The van der Waals surface area contributed by atoms with Crippen LogP contribution in [0, 0.1) is 0 Å². The van der Waals surface area contributed by atoms with Crippen LogP contribution >= 0.6 is 0 Å². The molecule has 3 N–H and O–H groups in total. The van der Waals surface area contributed by atoms with E-state index in [-0.39, 0.29) is 6.61 Å². The molecule has 0 saturated heterocycles. The Kier molecular flexibility index (Phi) is 5.94. The van der Waals surface area contributed by atoms with Gasteiger partial charge in [0.15, 0.2) is 6.61 Å². The van der Waals surface area contributed by atoms with Crippen LogP contribution in [0.25, 0.3) is 10.8 Å². The second-order valence-corrected chi connectivity index (χ2v) is 5.66. The molecular formula is C18H20N2O5. The van der Waals surface area contributed by atoms with Crippen molar-refractivity contribution in [2.75, 3.05) is 6.61 Å². The van der Waals surface area contributed by atoms with Crippen molar-refractivity contribution in [2.24, 2.45) is 0 Å². The summed E-state index contributed by atoms with van der Waals surface area (Å²) in [6, 6.07) is 11.4. The van der Waals surface area contributed by atoms with Crippen molar-refractivity contribution in [3.63, 3.8) is 0 Å². The Bertz CT molecular complexity index is 790. The van der Waals surface area contributed by atoms with Crippen LogP contribution < -0.4 is 15.4 Å². The van der Waals surface area contributed by atoms with Gasteiger partial charge in [-0.05, 0) is 36.8 Å². The second-order valence-electron chi connectivity index (χ2n) is 5.66. The first-order valence-electron chi connectivity index (χ1n) is 7.81. The molecule has 0 unspecified atom stereocenters. The van der Waals surface area contributed by atoms with E-state index in [1.807, 2.05) is 36.4 Å². The van der Waals surface area contributed by atoms with Crippen molar-refractivity contribution in [1.29, 1.82) is 0 Å². The minimum absolute atomic E-state index is 0.246. The van der Waals surface area contributed by atoms with Gasteiger partial charge in [-0.25, -0.2) is 0 Å². The Morgan fingerprint density at radius 1 is 1.00 bits per heavy atom. The number of benzene rings is 2. The summed E-state index contributed by atoms with van der Waals surface area (Å²) in [6.07, 6.45) is 0. The van der Waals surface area contributed by atoms with Crippen molar-refractivity contribution in [2.45, 2.75) is 25.9 Å². The molecule has 132 valence electrons. The topological polar surface area (TPSA) is 105 Å². The van der Waals surface area contributed by atoms with Gasteiger partial charge in [0.05, 0.1) is 0 Å². The van der Waals surface area contributed by atoms with Crippen LogP contribution in [0.1, 0.15) is 13.8 Å². The summed E-state index contributed by atoms with van der Waals surface area (Å²) in [5.41, 5.74) is 0. The lowest BCUT2D eigenvalue weighted by Crippen LogP contribution is -2.50. The number of carboxylic acid groups (broad SMARTS) is 1. The third-order valence-corrected chi connectivity index (χ3v) is 3.59. The monoisotopic (exact) mass is 344 g/mol. The molecule has 2 aromatic carbocycles. The van der Waals surface area contributed by atoms with Crippen LogP contribution in [0.3, 0.4) is 0 Å². The Labute approximate surface area is 145 Å². The second kappa shape index (κ2) is 8.14. The zero-order chi connectivity index (χ0) is 18.4. The third kappa shape index (κ3) is 5.20. The van der Waals surface area contributed by atoms with Crippen molar-refractivity contribution in [3.05, 3.63) is 42.5 Å². The van der Waals surface area contributed by atoms with Crippen LogP contribution in [0.4, 0.5) is 0 Å². The molecule has 0 heterocycles. The number of aliphatic carboxylic acids is 1. The van der Waals surface area contributed by atoms with E-state index in [1.54, 1.807) is 6.07 Å². The summed E-state index contributed by atoms with van der Waals surface area (Å²) >= 11 is 0. The van der Waals surface area contributed by atoms with Crippen molar-refractivity contribution in [3.8, 4) is 5.75 Å². The minimum atomic E-state index is -1.15. The molecule has 2 atom stereocenters. The Morgan fingerprint density at radius 2 is 1.68 bits per heavy atom. The normalized spacial score (nSPS) is 12.9. The standard InChI is InChI=1S/C18H20N2O5/c1-11(17(22)20-12(2)18(23)24)19-16(21)10-25-15-8-7-13-5-3-4-6-14(13)9-15/h3-9,11-12H,10H2,1-2H3,(H,19,21)(H,20,22)(H,23,24)/t11-,12-/m0/s1. The van der Waals surface area contributed by atoms with Gasteiger partial charge in [0.25, 0.3) is 5.91 Å². The molecule has 7 nitrogen and oxygen atoms in total. The van der Waals surface area contributed by atoms with E-state index in [9.17, 15) is 14.4 Å². The number of hydrogen-bond acceptors (Lipinski definition) is 4. The molecule has 0 aliphatic rings. The molecule has 0 aliphatic carbocycles. The van der Waals surface area contributed by atoms with E-state index < -0.39 is 29.9 Å². The van der Waals surface area contributed by atoms with Gasteiger partial charge >= 0.3 is 5.97 Å². The lowest BCUT2D eigenvalue weighted by Gasteiger charge is -2.16. The van der Waals surface area contributed by atoms with Gasteiger partial charge in [0.2, 0.25) is 5.91 Å². The molecule has 0 bridgehead atoms. The Hall–Kier alpha value is -3.09. The molecular weight excluding hydrogens is 324 g/mol. The highest BCUT2D eigenvalue weighted by molar-refractivity contribution is 5.90. The predicted octanol–water partition coefficient (Wildman–Crippen LogP) is 1.31. The first kappa shape index (κ1) is 18.3. The molecule has 2 aromatic rings. The lowest BCUT2D eigenvalue weighted by molar-refractivity contribution is -0.141. The number of amides is 2. The third-order valence-electron chi connectivity index (χ3n) is 3.59. The maximum atomic E-state index is 11.9. The van der Waals surface area contributed by atoms with E-state index in [1.165, 1.54) is 13.8 Å². The van der Waals surface area contributed by atoms with Gasteiger partial charge < -0.3 is 20.5 Å². The molecule has 2 rings (SSSR count). The van der Waals surface area contributed by atoms with Gasteiger partial charge in [0.1, 0.15) is 17.8 Å². The zero-order valence-corrected chi connectivity index (χ0v) is 14.0. The maximum Gasteiger partial charge on any atom is 0.325 e. The fourth-order valence-corrected chi connectivity index (χ4v) is 2.15. The molecule has 0 radical (unpaired) electrons. The molecule has 25 heavy (non-hydrogen) atoms. The summed E-state index contributed by atoms with van der Waals surface area (Å²) in [7, 11) is 0. The maximum absolute atomic E-state index is 11.9. The minimum Gasteiger partial charge on any atom is -0.484 e. The lowest BCUT2D eigenvalue weighted by atomic mass is 10.1. The van der Waals surface area contributed by atoms with Gasteiger partial charge in [0, 0.05) is 0 Å². The van der Waals surface area contributed by atoms with Gasteiger partial charge in [-0.15, -0.1) is 0 Å². The van der Waals surface area contributed by atoms with Gasteiger partial charge in [-0.2, -0.15) is 0 Å². The SMILES string of the molecule is C[C@H](NC(=O)[C@H](C)NC(=O)COc1ccc2ccccc2c1)C(=O)O. The predicted molar refractivity (Wildman–Crippen MR) is 92.3 cm³/mol. The summed E-state index contributed by atoms with van der Waals surface area (Å²) in [4.78, 5) is 34.4. The molecule has 7 heteroatoms. The van der Waals surface area contributed by atoms with E-state index in [0.717, 1.165) is 10.8 Å². The number of fused-ring (bicyclic) bond motifs is 1. The van der Waals surface area contributed by atoms with E-state index in [0.29, 0.717) is 5.75 Å². The molecule has 0 aromatic heterocycles. The summed E-state index contributed by atoms with van der Waals surface area (Å²) < 4.78 is 5.44. The van der Waals surface area contributed by atoms with E-state index >= 15 is 0 Å². The first-order chi connectivity index (χ1) is 11.9. The van der Waals surface area contributed by atoms with Crippen LogP contribution in [-0.4, -0.2) is 41.6 Å². The number of carbonyl (C=O) groups excluding carboxylic acids is 2. The molecule has 2 amide bonds. The average molecular weight is 344 g/mol. The smallest absolute Gasteiger partial charge is 0.325 e. The van der Waals surface area contributed by atoms with E-state index in [4.69, 9.17) is 9.84 Å². The number of hydrogen-bond donors (Lipinski definition) is 3. The van der Waals surface area contributed by atoms with Gasteiger partial charge in [-0.3, -0.25) is 14.4 Å². The summed E-state index contributed by atoms with van der Waals surface area (Å²) in [5.74, 6) is -1.65. The number of ether oxygens (including phenoxy) is 1. The van der Waals surface area contributed by atoms with Crippen LogP contribution in [-0.2, 0) is 14.4 Å². The first-order valence-corrected chi connectivity index (χ1v) is 7.81. The molecule has 0 saturated carbocycles.